The zero-order valence-corrected chi connectivity index (χ0v) is 17.3. The fraction of sp³-hybridized carbons (Fsp3) is 0.545. The summed E-state index contributed by atoms with van der Waals surface area (Å²) in [5.74, 6) is 0. The predicted octanol–water partition coefficient (Wildman–Crippen LogP) is 3.21. The molecule has 4 rings (SSSR count). The molecule has 1 aromatic heterocycles. The highest BCUT2D eigenvalue weighted by atomic mass is 16.2. The largest absolute Gasteiger partial charge is 0.357 e. The van der Waals surface area contributed by atoms with Gasteiger partial charge in [0.05, 0.1) is 12.6 Å². The summed E-state index contributed by atoms with van der Waals surface area (Å²) < 4.78 is 0. The van der Waals surface area contributed by atoms with Gasteiger partial charge in [-0.2, -0.15) is 0 Å². The van der Waals surface area contributed by atoms with E-state index < -0.39 is 0 Å². The monoisotopic (exact) mass is 397 g/mol. The Morgan fingerprint density at radius 1 is 1.24 bits per heavy atom. The number of aryl methyl sites for hydroxylation is 1. The first kappa shape index (κ1) is 19.6. The molecule has 3 N–H and O–H groups in total. The number of benzene rings is 1. The molecule has 7 heteroatoms. The van der Waals surface area contributed by atoms with Gasteiger partial charge in [0, 0.05) is 42.8 Å². The molecule has 29 heavy (non-hydrogen) atoms. The van der Waals surface area contributed by atoms with Gasteiger partial charge in [-0.05, 0) is 49.8 Å². The highest BCUT2D eigenvalue weighted by Gasteiger charge is 2.39. The average Bonchev–Trinajstić information content (AvgIpc) is 3.48. The van der Waals surface area contributed by atoms with Crippen molar-refractivity contribution in [2.24, 2.45) is 0 Å². The number of aromatic nitrogens is 1. The number of nitrogens with zero attached hydrogens (tertiary/aromatic N) is 2. The van der Waals surface area contributed by atoms with Gasteiger partial charge in [0.1, 0.15) is 0 Å². The zero-order chi connectivity index (χ0) is 20.4. The van der Waals surface area contributed by atoms with Crippen molar-refractivity contribution in [2.45, 2.75) is 57.7 Å². The topological polar surface area (TPSA) is 80.5 Å². The fourth-order valence-electron chi connectivity index (χ4n) is 4.45. The van der Waals surface area contributed by atoms with Gasteiger partial charge in [0.25, 0.3) is 0 Å². The lowest BCUT2D eigenvalue weighted by Crippen LogP contribution is -2.56. The summed E-state index contributed by atoms with van der Waals surface area (Å²) in [6.45, 7) is 4.00. The van der Waals surface area contributed by atoms with Crippen molar-refractivity contribution in [2.75, 3.05) is 20.1 Å². The van der Waals surface area contributed by atoms with Crippen LogP contribution in [0.1, 0.15) is 43.9 Å². The van der Waals surface area contributed by atoms with Gasteiger partial charge >= 0.3 is 12.1 Å². The molecule has 2 fully saturated rings. The molecule has 1 saturated heterocycles. The first-order valence-corrected chi connectivity index (χ1v) is 10.7. The maximum atomic E-state index is 13.1. The van der Waals surface area contributed by atoms with Crippen LogP contribution in [0.2, 0.25) is 0 Å². The molecule has 2 aromatic rings. The first-order chi connectivity index (χ1) is 14.1. The lowest BCUT2D eigenvalue weighted by molar-refractivity contribution is 0.116. The summed E-state index contributed by atoms with van der Waals surface area (Å²) >= 11 is 0. The van der Waals surface area contributed by atoms with E-state index in [4.69, 9.17) is 0 Å². The van der Waals surface area contributed by atoms with Crippen molar-refractivity contribution in [1.82, 2.24) is 25.4 Å². The summed E-state index contributed by atoms with van der Waals surface area (Å²) in [7, 11) is 1.65. The number of fused-ring (bicyclic) bond motifs is 1. The molecule has 1 aromatic carbocycles. The van der Waals surface area contributed by atoms with Crippen molar-refractivity contribution in [3.05, 3.63) is 35.5 Å². The summed E-state index contributed by atoms with van der Waals surface area (Å²) in [6, 6.07) is 8.74. The number of amides is 4. The Bertz CT molecular complexity index is 888. The van der Waals surface area contributed by atoms with Crippen LogP contribution in [-0.4, -0.2) is 59.1 Å². The summed E-state index contributed by atoms with van der Waals surface area (Å²) in [5.41, 5.74) is 3.44. The van der Waals surface area contributed by atoms with Crippen molar-refractivity contribution in [3.8, 4) is 0 Å². The van der Waals surface area contributed by atoms with Crippen LogP contribution >= 0.6 is 0 Å². The van der Waals surface area contributed by atoms with Crippen LogP contribution in [0.3, 0.4) is 0 Å². The van der Waals surface area contributed by atoms with Crippen LogP contribution in [0.5, 0.6) is 0 Å². The maximum Gasteiger partial charge on any atom is 0.318 e. The summed E-state index contributed by atoms with van der Waals surface area (Å²) in [6.07, 6.45) is 4.96. The van der Waals surface area contributed by atoms with Gasteiger partial charge in [-0.1, -0.05) is 19.1 Å². The van der Waals surface area contributed by atoms with Gasteiger partial charge in [-0.25, -0.2) is 9.59 Å². The number of likely N-dealkylation sites (tertiary alicyclic amines) is 1. The minimum absolute atomic E-state index is 0.0226. The third-order valence-corrected chi connectivity index (χ3v) is 6.09. The first-order valence-electron chi connectivity index (χ1n) is 10.7. The number of hydrogen-bond acceptors (Lipinski definition) is 2. The van der Waals surface area contributed by atoms with Crippen LogP contribution in [0.25, 0.3) is 10.9 Å². The molecule has 1 aliphatic carbocycles. The van der Waals surface area contributed by atoms with Crippen LogP contribution < -0.4 is 10.6 Å². The molecule has 0 bridgehead atoms. The maximum absolute atomic E-state index is 13.1. The smallest absolute Gasteiger partial charge is 0.318 e. The van der Waals surface area contributed by atoms with Gasteiger partial charge in [-0.15, -0.1) is 0 Å². The van der Waals surface area contributed by atoms with E-state index in [0.717, 1.165) is 49.9 Å². The Kier molecular flexibility index (Phi) is 5.65. The SMILES string of the molecule is CCc1cccc2[nH]c(CNC(=O)N(C3CC3)C3CCCN(C(=O)NC)C3)cc12. The summed E-state index contributed by atoms with van der Waals surface area (Å²) in [5, 5.41) is 7.04. The Morgan fingerprint density at radius 3 is 2.79 bits per heavy atom. The van der Waals surface area contributed by atoms with E-state index in [0.29, 0.717) is 19.1 Å². The van der Waals surface area contributed by atoms with Gasteiger partial charge in [0.15, 0.2) is 0 Å². The number of rotatable bonds is 5. The number of H-pyrrole nitrogens is 1. The van der Waals surface area contributed by atoms with Gasteiger partial charge < -0.3 is 25.4 Å². The van der Waals surface area contributed by atoms with Crippen molar-refractivity contribution >= 4 is 23.0 Å². The molecule has 2 heterocycles. The number of carbonyl (C=O) groups is 2. The molecule has 0 radical (unpaired) electrons. The molecule has 1 saturated carbocycles. The Morgan fingerprint density at radius 2 is 2.07 bits per heavy atom. The minimum Gasteiger partial charge on any atom is -0.357 e. The minimum atomic E-state index is -0.0596. The van der Waals surface area contributed by atoms with E-state index in [-0.39, 0.29) is 18.1 Å². The lowest BCUT2D eigenvalue weighted by Gasteiger charge is -2.39. The zero-order valence-electron chi connectivity index (χ0n) is 17.3. The standard InChI is InChI=1S/C22H31N5O2/c1-3-15-6-4-8-20-19(15)12-16(25-20)13-24-22(29)27(17-9-10-17)18-7-5-11-26(14-18)21(28)23-2/h4,6,8,12,17-18,25H,3,5,7,9-11,13-14H2,1-2H3,(H,23,28)(H,24,29). The molecule has 1 unspecified atom stereocenters. The molecule has 0 spiro atoms. The molecule has 1 atom stereocenters. The van der Waals surface area contributed by atoms with E-state index in [1.54, 1.807) is 7.05 Å². The molecular weight excluding hydrogens is 366 g/mol. The van der Waals surface area contributed by atoms with Crippen LogP contribution in [-0.2, 0) is 13.0 Å². The Balaban J connectivity index is 1.42. The lowest BCUT2D eigenvalue weighted by atomic mass is 10.0. The second-order valence-electron chi connectivity index (χ2n) is 8.12. The number of aromatic amines is 1. The predicted molar refractivity (Wildman–Crippen MR) is 114 cm³/mol. The van der Waals surface area contributed by atoms with E-state index in [2.05, 4.69) is 46.8 Å². The summed E-state index contributed by atoms with van der Waals surface area (Å²) in [4.78, 5) is 32.3. The Hall–Kier alpha value is -2.70. The Labute approximate surface area is 171 Å². The van der Waals surface area contributed by atoms with Gasteiger partial charge in [-0.3, -0.25) is 0 Å². The molecule has 1 aliphatic heterocycles. The fourth-order valence-corrected chi connectivity index (χ4v) is 4.45. The molecule has 4 amide bonds. The highest BCUT2D eigenvalue weighted by Crippen LogP contribution is 2.31. The van der Waals surface area contributed by atoms with Gasteiger partial charge in [0.2, 0.25) is 0 Å². The van der Waals surface area contributed by atoms with Crippen LogP contribution in [0.4, 0.5) is 9.59 Å². The van der Waals surface area contributed by atoms with Crippen molar-refractivity contribution < 1.29 is 9.59 Å². The number of carbonyl (C=O) groups excluding carboxylic acids is 2. The van der Waals surface area contributed by atoms with Crippen molar-refractivity contribution in [3.63, 3.8) is 0 Å². The second-order valence-corrected chi connectivity index (χ2v) is 8.12. The van der Waals surface area contributed by atoms with Crippen LogP contribution in [0.15, 0.2) is 24.3 Å². The van der Waals surface area contributed by atoms with E-state index >= 15 is 0 Å². The average molecular weight is 398 g/mol. The number of urea groups is 2. The molecular formula is C22H31N5O2. The van der Waals surface area contributed by atoms with E-state index in [9.17, 15) is 9.59 Å². The molecule has 7 nitrogen and oxygen atoms in total. The van der Waals surface area contributed by atoms with E-state index in [1.807, 2.05) is 9.80 Å². The van der Waals surface area contributed by atoms with Crippen molar-refractivity contribution in [1.29, 1.82) is 0 Å². The number of hydrogen-bond donors (Lipinski definition) is 3. The van der Waals surface area contributed by atoms with E-state index in [1.165, 1.54) is 10.9 Å². The third kappa shape index (κ3) is 4.18. The quantitative estimate of drug-likeness (QED) is 0.724. The second kappa shape index (κ2) is 8.35. The number of nitrogens with one attached hydrogen (secondary N) is 3. The normalized spacial score (nSPS) is 19.2. The third-order valence-electron chi connectivity index (χ3n) is 6.09. The number of piperidine rings is 1. The molecule has 2 aliphatic rings. The molecule has 156 valence electrons. The van der Waals surface area contributed by atoms with Crippen LogP contribution in [0, 0.1) is 0 Å². The highest BCUT2D eigenvalue weighted by molar-refractivity contribution is 5.84.